The molecule has 9 nitrogen and oxygen atoms in total. The van der Waals surface area contributed by atoms with Crippen LogP contribution in [-0.2, 0) is 0 Å². The molecule has 0 unspecified atom stereocenters. The first-order chi connectivity index (χ1) is 14.4. The third kappa shape index (κ3) is 4.86. The van der Waals surface area contributed by atoms with Crippen molar-refractivity contribution in [1.82, 2.24) is 15.3 Å². The van der Waals surface area contributed by atoms with Gasteiger partial charge in [-0.2, -0.15) is 5.26 Å². The summed E-state index contributed by atoms with van der Waals surface area (Å²) >= 11 is 0. The highest BCUT2D eigenvalue weighted by Gasteiger charge is 2.33. The van der Waals surface area contributed by atoms with E-state index in [0.29, 0.717) is 11.6 Å². The summed E-state index contributed by atoms with van der Waals surface area (Å²) in [6, 6.07) is 5.53. The van der Waals surface area contributed by atoms with Crippen LogP contribution in [0.5, 0.6) is 5.88 Å². The number of rotatable bonds is 8. The number of anilines is 3. The van der Waals surface area contributed by atoms with Crippen LogP contribution in [0.15, 0.2) is 24.4 Å². The van der Waals surface area contributed by atoms with Crippen LogP contribution in [0.1, 0.15) is 31.7 Å². The minimum atomic E-state index is -1.14. The van der Waals surface area contributed by atoms with Crippen LogP contribution in [-0.4, -0.2) is 40.4 Å². The molecule has 1 fully saturated rings. The average Bonchev–Trinajstić information content (AvgIpc) is 2.67. The Balaban J connectivity index is 1.89. The van der Waals surface area contributed by atoms with E-state index in [1.807, 2.05) is 6.07 Å². The fourth-order valence-corrected chi connectivity index (χ4v) is 3.40. The van der Waals surface area contributed by atoms with Gasteiger partial charge in [0.2, 0.25) is 5.88 Å². The summed E-state index contributed by atoms with van der Waals surface area (Å²) in [5.41, 5.74) is 0.602. The van der Waals surface area contributed by atoms with Crippen LogP contribution in [0.2, 0.25) is 0 Å². The van der Waals surface area contributed by atoms with E-state index in [-0.39, 0.29) is 29.2 Å². The van der Waals surface area contributed by atoms with Crippen molar-refractivity contribution in [2.75, 3.05) is 17.7 Å². The molecule has 1 saturated carbocycles. The van der Waals surface area contributed by atoms with Gasteiger partial charge in [-0.1, -0.05) is 6.42 Å². The van der Waals surface area contributed by atoms with E-state index in [1.54, 1.807) is 19.1 Å². The lowest BCUT2D eigenvalue weighted by atomic mass is 9.77. The number of nitrogens with zero attached hydrogens (tertiary/aromatic N) is 3. The van der Waals surface area contributed by atoms with Crippen molar-refractivity contribution in [3.8, 4) is 11.9 Å². The Hall–Kier alpha value is -3.61. The fraction of sp³-hybridized carbons (Fsp3) is 0.400. The van der Waals surface area contributed by atoms with Gasteiger partial charge in [-0.25, -0.2) is 19.2 Å². The number of carbonyl (C=O) groups is 1. The lowest BCUT2D eigenvalue weighted by Gasteiger charge is -2.38. The molecule has 2 aromatic heterocycles. The number of halogens is 1. The van der Waals surface area contributed by atoms with Gasteiger partial charge in [0, 0.05) is 24.0 Å². The lowest BCUT2D eigenvalue weighted by Crippen LogP contribution is -2.50. The predicted octanol–water partition coefficient (Wildman–Crippen LogP) is 3.48. The van der Waals surface area contributed by atoms with Crippen molar-refractivity contribution in [3.05, 3.63) is 35.8 Å². The van der Waals surface area contributed by atoms with Crippen LogP contribution in [0.25, 0.3) is 0 Å². The number of nitriles is 1. The maximum Gasteiger partial charge on any atom is 0.404 e. The van der Waals surface area contributed by atoms with Crippen molar-refractivity contribution in [1.29, 1.82) is 5.26 Å². The minimum absolute atomic E-state index is 0.0331. The zero-order chi connectivity index (χ0) is 21.7. The van der Waals surface area contributed by atoms with E-state index in [9.17, 15) is 14.4 Å². The number of hydrogen-bond donors (Lipinski definition) is 4. The number of aromatic nitrogens is 2. The van der Waals surface area contributed by atoms with Gasteiger partial charge in [0.1, 0.15) is 6.07 Å². The fourth-order valence-electron chi connectivity index (χ4n) is 3.40. The Morgan fingerprint density at radius 2 is 2.17 bits per heavy atom. The second kappa shape index (κ2) is 9.26. The molecule has 1 amide bonds. The van der Waals surface area contributed by atoms with Gasteiger partial charge in [-0.3, -0.25) is 0 Å². The molecule has 2 heterocycles. The highest BCUT2D eigenvalue weighted by atomic mass is 19.1. The summed E-state index contributed by atoms with van der Waals surface area (Å²) in [6.45, 7) is 1.73. The molecule has 0 bridgehead atoms. The topological polar surface area (TPSA) is 132 Å². The van der Waals surface area contributed by atoms with Crippen molar-refractivity contribution >= 4 is 23.4 Å². The number of carboxylic acid groups (broad SMARTS) is 1. The largest absolute Gasteiger partial charge is 0.481 e. The van der Waals surface area contributed by atoms with Gasteiger partial charge in [0.05, 0.1) is 18.7 Å². The van der Waals surface area contributed by atoms with Gasteiger partial charge in [-0.15, -0.1) is 0 Å². The van der Waals surface area contributed by atoms with Crippen LogP contribution < -0.4 is 20.7 Å². The molecule has 1 aliphatic carbocycles. The van der Waals surface area contributed by atoms with Crippen molar-refractivity contribution in [2.24, 2.45) is 5.92 Å². The smallest absolute Gasteiger partial charge is 0.404 e. The molecule has 0 spiro atoms. The van der Waals surface area contributed by atoms with Crippen molar-refractivity contribution < 1.29 is 19.0 Å². The van der Waals surface area contributed by atoms with E-state index >= 15 is 0 Å². The Labute approximate surface area is 173 Å². The molecule has 2 aromatic rings. The Kier molecular flexibility index (Phi) is 6.51. The number of methoxy groups -OCH3 is 1. The summed E-state index contributed by atoms with van der Waals surface area (Å²) in [7, 11) is 1.48. The summed E-state index contributed by atoms with van der Waals surface area (Å²) in [4.78, 5) is 19.4. The van der Waals surface area contributed by atoms with E-state index in [4.69, 9.17) is 9.84 Å². The number of hydrogen-bond acceptors (Lipinski definition) is 7. The maximum absolute atomic E-state index is 14.7. The van der Waals surface area contributed by atoms with Gasteiger partial charge < -0.3 is 25.8 Å². The molecule has 158 valence electrons. The monoisotopic (exact) mass is 414 g/mol. The molecule has 1 aliphatic rings. The highest BCUT2D eigenvalue weighted by Crippen LogP contribution is 2.33. The number of amides is 1. The van der Waals surface area contributed by atoms with E-state index < -0.39 is 18.0 Å². The molecular weight excluding hydrogens is 391 g/mol. The van der Waals surface area contributed by atoms with Crippen LogP contribution >= 0.6 is 0 Å². The second-order valence-electron chi connectivity index (χ2n) is 7.14. The standard InChI is InChI=1S/C20H23FN6O3/c1-11(24-20(28)29)17(12-4-3-5-12)26-19-15(21)8-13(10-22)18(27-19)25-14-6-7-23-16(9-14)30-2/h6-9,11-12,17,24H,3-5H2,1-2H3,(H,28,29)(H2,23,25,26,27)/t11-,17+/m0/s1. The molecular formula is C20H23FN6O3. The van der Waals surface area contributed by atoms with E-state index in [0.717, 1.165) is 25.3 Å². The molecule has 0 aliphatic heterocycles. The second-order valence-corrected chi connectivity index (χ2v) is 7.14. The van der Waals surface area contributed by atoms with E-state index in [2.05, 4.69) is 25.9 Å². The first kappa shape index (κ1) is 21.1. The first-order valence-electron chi connectivity index (χ1n) is 9.55. The summed E-state index contributed by atoms with van der Waals surface area (Å²) < 4.78 is 19.8. The van der Waals surface area contributed by atoms with Crippen LogP contribution in [0, 0.1) is 23.1 Å². The van der Waals surface area contributed by atoms with Gasteiger partial charge in [0.25, 0.3) is 0 Å². The average molecular weight is 414 g/mol. The molecule has 30 heavy (non-hydrogen) atoms. The van der Waals surface area contributed by atoms with E-state index in [1.165, 1.54) is 13.3 Å². The normalized spacial score (nSPS) is 15.3. The first-order valence-corrected chi connectivity index (χ1v) is 9.55. The zero-order valence-electron chi connectivity index (χ0n) is 16.6. The summed E-state index contributed by atoms with van der Waals surface area (Å²) in [6.07, 6.45) is 3.27. The third-order valence-electron chi connectivity index (χ3n) is 5.15. The third-order valence-corrected chi connectivity index (χ3v) is 5.15. The Morgan fingerprint density at radius 1 is 1.40 bits per heavy atom. The molecule has 3 rings (SSSR count). The summed E-state index contributed by atoms with van der Waals surface area (Å²) in [5, 5.41) is 26.9. The number of nitrogens with one attached hydrogen (secondary N) is 3. The Morgan fingerprint density at radius 3 is 2.77 bits per heavy atom. The van der Waals surface area contributed by atoms with Crippen LogP contribution in [0.4, 0.5) is 26.5 Å². The van der Waals surface area contributed by atoms with Crippen molar-refractivity contribution in [3.63, 3.8) is 0 Å². The maximum atomic E-state index is 14.7. The predicted molar refractivity (Wildman–Crippen MR) is 108 cm³/mol. The van der Waals surface area contributed by atoms with Gasteiger partial charge in [-0.05, 0) is 37.8 Å². The molecule has 0 aromatic carbocycles. The molecule has 4 N–H and O–H groups in total. The van der Waals surface area contributed by atoms with Crippen molar-refractivity contribution in [2.45, 2.75) is 38.3 Å². The molecule has 10 heteroatoms. The summed E-state index contributed by atoms with van der Waals surface area (Å²) in [5.74, 6) is 0.00715. The minimum Gasteiger partial charge on any atom is -0.481 e. The highest BCUT2D eigenvalue weighted by molar-refractivity contribution is 5.66. The zero-order valence-corrected chi connectivity index (χ0v) is 16.6. The number of ether oxygens (including phenoxy) is 1. The van der Waals surface area contributed by atoms with Gasteiger partial charge >= 0.3 is 6.09 Å². The molecule has 0 saturated heterocycles. The van der Waals surface area contributed by atoms with Gasteiger partial charge in [0.15, 0.2) is 17.5 Å². The number of pyridine rings is 2. The molecule has 2 atom stereocenters. The lowest BCUT2D eigenvalue weighted by molar-refractivity contribution is 0.180. The SMILES string of the molecule is COc1cc(Nc2nc(N[C@@H](C3CCC3)[C@H](C)NC(=O)O)c(F)cc2C#N)ccn1. The Bertz CT molecular complexity index is 960. The molecule has 0 radical (unpaired) electrons. The van der Waals surface area contributed by atoms with Crippen LogP contribution in [0.3, 0.4) is 0 Å². The quantitative estimate of drug-likeness (QED) is 0.516.